The molecule has 6 nitrogen and oxygen atoms in total. The number of carbonyl (C=O) groups excluding carboxylic acids is 1. The number of hydrogen-bond acceptors (Lipinski definition) is 5. The van der Waals surface area contributed by atoms with Crippen LogP contribution in [0.2, 0.25) is 0 Å². The van der Waals surface area contributed by atoms with E-state index in [0.717, 1.165) is 11.0 Å². The number of ether oxygens (including phenoxy) is 4. The maximum absolute atomic E-state index is 12.4. The normalized spacial score (nSPS) is 12.5. The molecule has 2 aromatic carbocycles. The van der Waals surface area contributed by atoms with Gasteiger partial charge in [-0.15, -0.1) is 0 Å². The van der Waals surface area contributed by atoms with Gasteiger partial charge in [-0.3, -0.25) is 0 Å². The second-order valence-corrected chi connectivity index (χ2v) is 8.33. The minimum atomic E-state index is -0.339. The van der Waals surface area contributed by atoms with Crippen molar-refractivity contribution >= 4 is 28.7 Å². The molecule has 0 spiro atoms. The van der Waals surface area contributed by atoms with Gasteiger partial charge in [-0.1, -0.05) is 71.1 Å². The van der Waals surface area contributed by atoms with Gasteiger partial charge >= 0.3 is 6.09 Å². The van der Waals surface area contributed by atoms with E-state index in [1.807, 2.05) is 24.3 Å². The van der Waals surface area contributed by atoms with Gasteiger partial charge in [0.15, 0.2) is 0 Å². The van der Waals surface area contributed by atoms with Crippen molar-refractivity contribution in [3.8, 4) is 11.1 Å². The van der Waals surface area contributed by atoms with Crippen LogP contribution in [0.25, 0.3) is 11.1 Å². The summed E-state index contributed by atoms with van der Waals surface area (Å²) in [4.78, 5) is 14.0. The lowest BCUT2D eigenvalue weighted by atomic mass is 9.98. The number of benzene rings is 2. The third kappa shape index (κ3) is 6.90. The molecule has 0 bridgehead atoms. The predicted molar refractivity (Wildman–Crippen MR) is 129 cm³/mol. The number of nitrogens with zero attached hydrogens (tertiary/aromatic N) is 1. The molecule has 0 heterocycles. The molecule has 1 aliphatic carbocycles. The number of likely N-dealkylation sites (N-methyl/N-ethyl adjacent to an activating group) is 1. The van der Waals surface area contributed by atoms with E-state index in [4.69, 9.17) is 18.9 Å². The topological polar surface area (TPSA) is 57.2 Å². The highest BCUT2D eigenvalue weighted by Crippen LogP contribution is 2.44. The highest BCUT2D eigenvalue weighted by atomic mass is 127. The van der Waals surface area contributed by atoms with E-state index in [1.165, 1.54) is 22.3 Å². The molecule has 0 atom stereocenters. The molecule has 0 N–H and O–H groups in total. The summed E-state index contributed by atoms with van der Waals surface area (Å²) >= 11 is 2.27. The first-order valence-electron chi connectivity index (χ1n) is 10.6. The van der Waals surface area contributed by atoms with Crippen molar-refractivity contribution in [2.45, 2.75) is 5.92 Å². The number of carbonyl (C=O) groups is 1. The van der Waals surface area contributed by atoms with Gasteiger partial charge < -0.3 is 23.8 Å². The van der Waals surface area contributed by atoms with E-state index in [9.17, 15) is 4.79 Å². The quantitative estimate of drug-likeness (QED) is 0.215. The van der Waals surface area contributed by atoms with Crippen LogP contribution in [0, 0.1) is 0 Å². The molecule has 2 aromatic rings. The van der Waals surface area contributed by atoms with Gasteiger partial charge in [0.2, 0.25) is 0 Å². The van der Waals surface area contributed by atoms with E-state index in [0.29, 0.717) is 46.2 Å². The molecular weight excluding hydrogens is 509 g/mol. The minimum Gasteiger partial charge on any atom is -0.448 e. The molecular formula is C24H30INO5. The van der Waals surface area contributed by atoms with E-state index >= 15 is 0 Å². The van der Waals surface area contributed by atoms with Crippen LogP contribution >= 0.6 is 22.6 Å². The average Bonchev–Trinajstić information content (AvgIpc) is 3.12. The minimum absolute atomic E-state index is 0.0685. The Balaban J connectivity index is 1.35. The van der Waals surface area contributed by atoms with Crippen molar-refractivity contribution in [1.29, 1.82) is 0 Å². The summed E-state index contributed by atoms with van der Waals surface area (Å²) in [6, 6.07) is 16.6. The van der Waals surface area contributed by atoms with Crippen molar-refractivity contribution < 1.29 is 23.7 Å². The summed E-state index contributed by atoms with van der Waals surface area (Å²) in [5.41, 5.74) is 4.86. The summed E-state index contributed by atoms with van der Waals surface area (Å²) in [5, 5.41) is 0. The van der Waals surface area contributed by atoms with E-state index < -0.39 is 0 Å². The second-order valence-electron chi connectivity index (χ2n) is 7.25. The maximum Gasteiger partial charge on any atom is 0.409 e. The highest BCUT2D eigenvalue weighted by Gasteiger charge is 2.29. The molecule has 7 heteroatoms. The predicted octanol–water partition coefficient (Wildman–Crippen LogP) is 4.35. The van der Waals surface area contributed by atoms with Crippen LogP contribution in [-0.4, -0.2) is 75.3 Å². The molecule has 0 saturated heterocycles. The molecule has 31 heavy (non-hydrogen) atoms. The molecule has 168 valence electrons. The zero-order chi connectivity index (χ0) is 21.9. The fourth-order valence-electron chi connectivity index (χ4n) is 3.59. The number of halogens is 1. The van der Waals surface area contributed by atoms with Gasteiger partial charge in [0.25, 0.3) is 0 Å². The smallest absolute Gasteiger partial charge is 0.409 e. The van der Waals surface area contributed by atoms with E-state index in [-0.39, 0.29) is 12.0 Å². The average molecular weight is 539 g/mol. The molecule has 0 aliphatic heterocycles. The van der Waals surface area contributed by atoms with Crippen molar-refractivity contribution in [1.82, 2.24) is 4.90 Å². The Morgan fingerprint density at radius 1 is 0.839 bits per heavy atom. The molecule has 1 aliphatic rings. The first-order chi connectivity index (χ1) is 15.2. The van der Waals surface area contributed by atoms with Gasteiger partial charge in [0.05, 0.1) is 39.6 Å². The second kappa shape index (κ2) is 13.0. The first-order valence-corrected chi connectivity index (χ1v) is 12.1. The fourth-order valence-corrected chi connectivity index (χ4v) is 3.90. The Kier molecular flexibility index (Phi) is 10.1. The lowest BCUT2D eigenvalue weighted by Gasteiger charge is -2.19. The molecule has 0 unspecified atom stereocenters. The molecule has 3 rings (SSSR count). The van der Waals surface area contributed by atoms with Crippen LogP contribution in [-0.2, 0) is 18.9 Å². The molecule has 0 fully saturated rings. The molecule has 0 saturated carbocycles. The van der Waals surface area contributed by atoms with Gasteiger partial charge in [-0.25, -0.2) is 4.79 Å². The summed E-state index contributed by atoms with van der Waals surface area (Å²) < 4.78 is 22.9. The van der Waals surface area contributed by atoms with Crippen LogP contribution in [0.15, 0.2) is 48.5 Å². The summed E-state index contributed by atoms with van der Waals surface area (Å²) in [7, 11) is 1.73. The Morgan fingerprint density at radius 3 is 1.94 bits per heavy atom. The summed E-state index contributed by atoms with van der Waals surface area (Å²) in [5.74, 6) is 0.0685. The number of rotatable bonds is 13. The van der Waals surface area contributed by atoms with Crippen LogP contribution in [0.3, 0.4) is 0 Å². The molecule has 0 aromatic heterocycles. The third-order valence-corrected chi connectivity index (χ3v) is 5.62. The monoisotopic (exact) mass is 539 g/mol. The fraction of sp³-hybridized carbons (Fsp3) is 0.458. The van der Waals surface area contributed by atoms with E-state index in [1.54, 1.807) is 11.9 Å². The zero-order valence-electron chi connectivity index (χ0n) is 17.9. The Labute approximate surface area is 197 Å². The number of hydrogen-bond donors (Lipinski definition) is 0. The molecule has 0 radical (unpaired) electrons. The lowest BCUT2D eigenvalue weighted by Crippen LogP contribution is -2.32. The number of amides is 1. The maximum atomic E-state index is 12.4. The van der Waals surface area contributed by atoms with Gasteiger partial charge in [-0.05, 0) is 22.3 Å². The van der Waals surface area contributed by atoms with Crippen molar-refractivity contribution in [2.75, 3.05) is 64.3 Å². The highest BCUT2D eigenvalue weighted by molar-refractivity contribution is 14.1. The van der Waals surface area contributed by atoms with Crippen LogP contribution < -0.4 is 0 Å². The van der Waals surface area contributed by atoms with Crippen molar-refractivity contribution in [3.05, 3.63) is 59.7 Å². The molecule has 1 amide bonds. The van der Waals surface area contributed by atoms with Crippen molar-refractivity contribution in [3.63, 3.8) is 0 Å². The standard InChI is InChI=1S/C24H30INO5/c1-26(11-13-29-15-17-30-16-14-28-12-10-25)24(27)31-18-23-21-8-4-2-6-19(21)20-7-3-5-9-22(20)23/h2-9,23H,10-18H2,1H3. The van der Waals surface area contributed by atoms with Gasteiger partial charge in [-0.2, -0.15) is 0 Å². The summed E-state index contributed by atoms with van der Waals surface area (Å²) in [6.45, 7) is 4.17. The largest absolute Gasteiger partial charge is 0.448 e. The van der Waals surface area contributed by atoms with Crippen LogP contribution in [0.5, 0.6) is 0 Å². The Hall–Kier alpha value is -1.68. The zero-order valence-corrected chi connectivity index (χ0v) is 20.1. The Bertz CT molecular complexity index is 786. The van der Waals surface area contributed by atoms with Crippen LogP contribution in [0.4, 0.5) is 4.79 Å². The van der Waals surface area contributed by atoms with Gasteiger partial charge in [0.1, 0.15) is 6.61 Å². The lowest BCUT2D eigenvalue weighted by molar-refractivity contribution is 0.0138. The Morgan fingerprint density at radius 2 is 1.35 bits per heavy atom. The van der Waals surface area contributed by atoms with Crippen molar-refractivity contribution in [2.24, 2.45) is 0 Å². The van der Waals surface area contributed by atoms with Crippen LogP contribution in [0.1, 0.15) is 17.0 Å². The van der Waals surface area contributed by atoms with E-state index in [2.05, 4.69) is 46.9 Å². The van der Waals surface area contributed by atoms with Gasteiger partial charge in [0, 0.05) is 23.9 Å². The summed E-state index contributed by atoms with van der Waals surface area (Å²) in [6.07, 6.45) is -0.339. The third-order valence-electron chi connectivity index (χ3n) is 5.18. The SMILES string of the molecule is CN(CCOCCOCCOCCI)C(=O)OCC1c2ccccc2-c2ccccc21. The number of alkyl halides is 1. The first kappa shape index (κ1) is 24.0. The number of fused-ring (bicyclic) bond motifs is 3.